The van der Waals surface area contributed by atoms with Crippen LogP contribution in [0.5, 0.6) is 0 Å². The molecule has 0 unspecified atom stereocenters. The third-order valence-corrected chi connectivity index (χ3v) is 0. The van der Waals surface area contributed by atoms with Gasteiger partial charge in [-0.3, -0.25) is 0 Å². The molecule has 0 atom stereocenters. The van der Waals surface area contributed by atoms with E-state index < -0.39 is 27.2 Å². The SMILES string of the molecule is [O]=[Cr](=[O])([O-])[O-].[O]=[Cr](=[O])([O-])[O-].[Si+4]. The van der Waals surface area contributed by atoms with E-state index in [9.17, 15) is 0 Å². The molecule has 0 saturated heterocycles. The van der Waals surface area contributed by atoms with Gasteiger partial charge in [-0.25, -0.2) is 0 Å². The van der Waals surface area contributed by atoms with Gasteiger partial charge in [0, 0.05) is 0 Å². The third kappa shape index (κ3) is 6900. The van der Waals surface area contributed by atoms with E-state index in [1.54, 1.807) is 0 Å². The predicted molar refractivity (Wildman–Crippen MR) is 8.50 cm³/mol. The summed E-state index contributed by atoms with van der Waals surface area (Å²) in [5.41, 5.74) is 0. The summed E-state index contributed by atoms with van der Waals surface area (Å²) in [6, 6.07) is 0. The Hall–Kier alpha value is 0.322. The maximum Gasteiger partial charge on any atom is 4.00 e. The minimum atomic E-state index is -5.75. The van der Waals surface area contributed by atoms with Crippen molar-refractivity contribution in [1.29, 1.82) is 0 Å². The van der Waals surface area contributed by atoms with Crippen LogP contribution in [0.4, 0.5) is 0 Å². The number of hydrogen-bond donors (Lipinski definition) is 0. The van der Waals surface area contributed by atoms with E-state index in [2.05, 4.69) is 0 Å². The molecule has 0 heterocycles. The van der Waals surface area contributed by atoms with Crippen LogP contribution < -0.4 is 16.6 Å². The van der Waals surface area contributed by atoms with Crippen LogP contribution in [0.3, 0.4) is 0 Å². The Morgan fingerprint density at radius 2 is 0.636 bits per heavy atom. The van der Waals surface area contributed by atoms with E-state index in [0.29, 0.717) is 0 Å². The van der Waals surface area contributed by atoms with E-state index in [-0.39, 0.29) is 11.0 Å². The van der Waals surface area contributed by atoms with Crippen molar-refractivity contribution in [3.8, 4) is 0 Å². The molecule has 0 aliphatic heterocycles. The standard InChI is InChI=1S/2Cr.8O.Si/q;;;;;;4*-1;+4. The van der Waals surface area contributed by atoms with Gasteiger partial charge in [-0.05, 0) is 0 Å². The van der Waals surface area contributed by atoms with Crippen molar-refractivity contribution in [3.05, 3.63) is 0 Å². The van der Waals surface area contributed by atoms with Gasteiger partial charge in [0.25, 0.3) is 0 Å². The van der Waals surface area contributed by atoms with Crippen LogP contribution in [-0.4, -0.2) is 11.0 Å². The van der Waals surface area contributed by atoms with Crippen molar-refractivity contribution in [2.24, 2.45) is 0 Å². The molecule has 0 aromatic rings. The molecule has 0 aliphatic rings. The molecule has 11 heavy (non-hydrogen) atoms. The summed E-state index contributed by atoms with van der Waals surface area (Å²) in [5.74, 6) is 0. The Balaban J connectivity index is -0.000000107. The Morgan fingerprint density at radius 1 is 0.636 bits per heavy atom. The van der Waals surface area contributed by atoms with Gasteiger partial charge >= 0.3 is 70.0 Å². The van der Waals surface area contributed by atoms with Gasteiger partial charge in [-0.1, -0.05) is 0 Å². The van der Waals surface area contributed by atoms with E-state index in [0.717, 1.165) is 0 Å². The second kappa shape index (κ2) is 5.91. The van der Waals surface area contributed by atoms with Gasteiger partial charge in [-0.2, -0.15) is 0 Å². The molecule has 0 amide bonds. The molecular formula is Cr2O8Si. The molecule has 0 N–H and O–H groups in total. The van der Waals surface area contributed by atoms with Crippen molar-refractivity contribution in [2.75, 3.05) is 0 Å². The second-order valence-corrected chi connectivity index (χ2v) is 3.37. The molecule has 0 fully saturated rings. The number of hydrogen-bond acceptors (Lipinski definition) is 8. The maximum atomic E-state index is 8.59. The number of rotatable bonds is 0. The Labute approximate surface area is 70.3 Å². The minimum Gasteiger partial charge on any atom is 4.00 e. The molecule has 8 nitrogen and oxygen atoms in total. The van der Waals surface area contributed by atoms with Gasteiger partial charge in [0.2, 0.25) is 0 Å². The molecule has 0 saturated carbocycles. The first-order chi connectivity index (χ1) is 4.00. The normalized spacial score (nSPS) is 10.5. The van der Waals surface area contributed by atoms with Crippen molar-refractivity contribution in [3.63, 3.8) is 0 Å². The average molecular weight is 260 g/mol. The van der Waals surface area contributed by atoms with Crippen molar-refractivity contribution in [1.82, 2.24) is 0 Å². The second-order valence-electron chi connectivity index (χ2n) is 0.816. The zero-order chi connectivity index (χ0) is 9.00. The van der Waals surface area contributed by atoms with E-state index >= 15 is 0 Å². The smallest absolute Gasteiger partial charge is 4.00 e. The molecule has 11 heteroatoms. The Morgan fingerprint density at radius 3 is 0.636 bits per heavy atom. The molecule has 0 aromatic carbocycles. The van der Waals surface area contributed by atoms with Crippen LogP contribution in [0.1, 0.15) is 0 Å². The van der Waals surface area contributed by atoms with Gasteiger partial charge in [-0.15, -0.1) is 0 Å². The van der Waals surface area contributed by atoms with Gasteiger partial charge in [0.15, 0.2) is 0 Å². The molecule has 0 spiro atoms. The molecule has 64 valence electrons. The van der Waals surface area contributed by atoms with Gasteiger partial charge < -0.3 is 0 Å². The van der Waals surface area contributed by atoms with Crippen LogP contribution in [0.25, 0.3) is 0 Å². The Bertz CT molecular complexity index is 208. The first kappa shape index (κ1) is 17.4. The van der Waals surface area contributed by atoms with Gasteiger partial charge in [0.1, 0.15) is 0 Å². The summed E-state index contributed by atoms with van der Waals surface area (Å²) in [6.45, 7) is 0. The zero-order valence-corrected chi connectivity index (χ0v) is 8.13. The van der Waals surface area contributed by atoms with E-state index in [1.807, 2.05) is 0 Å². The van der Waals surface area contributed by atoms with Crippen molar-refractivity contribution < 1.29 is 59.1 Å². The first-order valence-electron chi connectivity index (χ1n) is 1.33. The van der Waals surface area contributed by atoms with Gasteiger partial charge in [0.05, 0.1) is 0 Å². The summed E-state index contributed by atoms with van der Waals surface area (Å²) >= 11 is -11.5. The predicted octanol–water partition coefficient (Wildman–Crippen LogP) is -5.62. The summed E-state index contributed by atoms with van der Waals surface area (Å²) in [4.78, 5) is 0. The first-order valence-corrected chi connectivity index (χ1v) is 5.50. The van der Waals surface area contributed by atoms with E-state index in [1.165, 1.54) is 0 Å². The molecule has 0 bridgehead atoms. The largest absolute Gasteiger partial charge is 4.00 e. The van der Waals surface area contributed by atoms with Crippen LogP contribution >= 0.6 is 0 Å². The van der Waals surface area contributed by atoms with Crippen LogP contribution in [0.15, 0.2) is 0 Å². The molecule has 0 radical (unpaired) electrons. The topological polar surface area (TPSA) is 161 Å². The van der Waals surface area contributed by atoms with Crippen LogP contribution in [-0.2, 0) is 42.4 Å². The monoisotopic (exact) mass is 260 g/mol. The summed E-state index contributed by atoms with van der Waals surface area (Å²) in [7, 11) is 0. The molecule has 0 rings (SSSR count). The maximum absolute atomic E-state index is 8.59. The summed E-state index contributed by atoms with van der Waals surface area (Å²) in [5, 5.41) is 0. The molecule has 0 aromatic heterocycles. The fourth-order valence-corrected chi connectivity index (χ4v) is 0. The van der Waals surface area contributed by atoms with Crippen molar-refractivity contribution in [2.45, 2.75) is 0 Å². The van der Waals surface area contributed by atoms with Crippen LogP contribution in [0, 0.1) is 0 Å². The van der Waals surface area contributed by atoms with Crippen LogP contribution in [0.2, 0.25) is 0 Å². The summed E-state index contributed by atoms with van der Waals surface area (Å²) in [6.07, 6.45) is 0. The fourth-order valence-electron chi connectivity index (χ4n) is 0. The average Bonchev–Trinajstić information content (AvgIpc) is 1.12. The molecule has 0 aliphatic carbocycles. The zero-order valence-electron chi connectivity index (χ0n) is 4.58. The van der Waals surface area contributed by atoms with Crippen molar-refractivity contribution >= 4 is 11.0 Å². The van der Waals surface area contributed by atoms with E-state index in [4.69, 9.17) is 31.8 Å². The third-order valence-electron chi connectivity index (χ3n) is 0. The quantitative estimate of drug-likeness (QED) is 0.389. The molecular weight excluding hydrogens is 260 g/mol. The Kier molecular flexibility index (Phi) is 9.35. The fraction of sp³-hybridized carbons (Fsp3) is 0. The summed E-state index contributed by atoms with van der Waals surface area (Å²) < 4.78 is 68.8. The minimum absolute atomic E-state index is 0.